The van der Waals surface area contributed by atoms with E-state index in [1.54, 1.807) is 13.8 Å². The number of likely N-dealkylation sites (tertiary alicyclic amines) is 3. The van der Waals surface area contributed by atoms with E-state index in [2.05, 4.69) is 104 Å². The Morgan fingerprint density at radius 2 is 0.977 bits per heavy atom. The second kappa shape index (κ2) is 52.9. The molecule has 29 N–H and O–H groups in total. The number of aliphatic imine (C=N–C) groups is 1. The number of hydrogen-bond donors (Lipinski definition) is 26. The van der Waals surface area contributed by atoms with Crippen molar-refractivity contribution >= 4 is 144 Å². The molecule has 129 heavy (non-hydrogen) atoms. The highest BCUT2D eigenvalue weighted by atomic mass is 32.1. The molecule has 16 amide bonds. The lowest BCUT2D eigenvalue weighted by Crippen LogP contribution is -2.62. The van der Waals surface area contributed by atoms with Gasteiger partial charge in [0, 0.05) is 62.4 Å². The molecule has 53 heteroatoms. The van der Waals surface area contributed by atoms with Crippen LogP contribution in [0.3, 0.4) is 0 Å². The number of aromatic amines is 1. The van der Waals surface area contributed by atoms with Crippen molar-refractivity contribution in [1.82, 2.24) is 88.5 Å². The van der Waals surface area contributed by atoms with Crippen molar-refractivity contribution in [2.45, 2.75) is 240 Å². The molecular formula is C76H116F3N23O25S2. The van der Waals surface area contributed by atoms with Gasteiger partial charge in [0.25, 0.3) is 0 Å². The van der Waals surface area contributed by atoms with Gasteiger partial charge in [-0.05, 0) is 122 Å². The van der Waals surface area contributed by atoms with E-state index in [0.29, 0.717) is 18.4 Å². The van der Waals surface area contributed by atoms with E-state index in [0.717, 1.165) is 21.6 Å². The SMILES string of the molecule is CC(C)[C@H](NC(=O)[C@@H]1CCCN1C(=O)[C@H](CS)NC(=O)[C@H](CC(=O)O)NC(=O)[C@H](Cc1cnc[nH]1)NC(=O)[C@@H](NC(=O)[C@H](Cc1ccc(O)cc1)NC(=O)[C@@H]1CCCN1C(=O)CNC(=O)[C@H](CS)NC(=O)[C@@H]1CCCN1C(=O)[C@@H](NC(=O)[C@H](CC(N)=O)NC(=O)[C@H](C)N)[C@@H](C)O)[C@@H](C)O)C(=O)N[C@@H](CCCCN)C(=O)N[C@@H](CCCN=C(N)N)C(=O)O.O=C(O)C(F)(F)F. The number of primary amides is 1. The normalized spacial score (nSPS) is 18.0. The summed E-state index contributed by atoms with van der Waals surface area (Å²) in [5.74, 6) is -23.2. The molecule has 0 bridgehead atoms. The number of guanidine groups is 1. The van der Waals surface area contributed by atoms with Crippen LogP contribution in [0.5, 0.6) is 5.75 Å². The number of carboxylic acid groups (broad SMARTS) is 3. The van der Waals surface area contributed by atoms with Gasteiger partial charge in [0.05, 0.1) is 44.0 Å². The number of benzene rings is 1. The van der Waals surface area contributed by atoms with E-state index in [-0.39, 0.29) is 120 Å². The maximum absolute atomic E-state index is 14.6. The summed E-state index contributed by atoms with van der Waals surface area (Å²) in [5, 5.41) is 88.4. The number of aromatic nitrogens is 2. The molecule has 0 spiro atoms. The lowest BCUT2D eigenvalue weighted by molar-refractivity contribution is -0.192. The number of aliphatic carboxylic acids is 3. The molecule has 718 valence electrons. The molecule has 3 fully saturated rings. The van der Waals surface area contributed by atoms with Gasteiger partial charge in [-0.1, -0.05) is 26.0 Å². The smallest absolute Gasteiger partial charge is 0.490 e. The van der Waals surface area contributed by atoms with E-state index in [4.69, 9.17) is 38.6 Å². The molecule has 4 heterocycles. The number of unbranched alkanes of at least 4 members (excludes halogenated alkanes) is 1. The Hall–Kier alpha value is -12.2. The van der Waals surface area contributed by atoms with Crippen molar-refractivity contribution in [3.8, 4) is 5.75 Å². The van der Waals surface area contributed by atoms with Crippen molar-refractivity contribution in [2.75, 3.05) is 50.8 Å². The van der Waals surface area contributed by atoms with Crippen LogP contribution < -0.4 is 92.5 Å². The van der Waals surface area contributed by atoms with Gasteiger partial charge >= 0.3 is 24.1 Å². The van der Waals surface area contributed by atoms with Crippen LogP contribution in [0.15, 0.2) is 41.8 Å². The minimum Gasteiger partial charge on any atom is -0.508 e. The van der Waals surface area contributed by atoms with Crippen molar-refractivity contribution in [2.24, 2.45) is 39.6 Å². The number of imidazole rings is 1. The molecule has 0 unspecified atom stereocenters. The molecule has 1 aromatic heterocycles. The summed E-state index contributed by atoms with van der Waals surface area (Å²) in [4.78, 5) is 269. The third-order valence-corrected chi connectivity index (χ3v) is 21.1. The summed E-state index contributed by atoms with van der Waals surface area (Å²) in [7, 11) is 0. The molecule has 48 nitrogen and oxygen atoms in total. The topological polar surface area (TPSA) is 771 Å². The average molecular weight is 1870 g/mol. The maximum atomic E-state index is 14.6. The number of phenols is 1. The van der Waals surface area contributed by atoms with E-state index in [9.17, 15) is 125 Å². The van der Waals surface area contributed by atoms with Crippen LogP contribution in [0.1, 0.15) is 129 Å². The van der Waals surface area contributed by atoms with Gasteiger partial charge in [-0.3, -0.25) is 86.5 Å². The van der Waals surface area contributed by atoms with Crippen molar-refractivity contribution < 1.29 is 135 Å². The van der Waals surface area contributed by atoms with Gasteiger partial charge in [0.1, 0.15) is 90.3 Å². The number of H-pyrrole nitrogens is 1. The zero-order chi connectivity index (χ0) is 97.0. The number of carbonyl (C=O) groups excluding carboxylic acids is 16. The summed E-state index contributed by atoms with van der Waals surface area (Å²) in [6, 6.07) is -17.5. The molecule has 0 aliphatic carbocycles. The minimum atomic E-state index is -5.08. The Labute approximate surface area is 747 Å². The molecule has 3 aliphatic rings. The van der Waals surface area contributed by atoms with Gasteiger partial charge in [0.15, 0.2) is 5.96 Å². The Morgan fingerprint density at radius 1 is 0.527 bits per heavy atom. The fraction of sp³-hybridized carbons (Fsp3) is 0.618. The van der Waals surface area contributed by atoms with Gasteiger partial charge in [0.2, 0.25) is 94.5 Å². The van der Waals surface area contributed by atoms with Crippen LogP contribution in [0.2, 0.25) is 0 Å². The van der Waals surface area contributed by atoms with Crippen LogP contribution in [-0.4, -0.2) is 333 Å². The number of carbonyl (C=O) groups is 19. The number of aliphatic hydroxyl groups excluding tert-OH is 2. The predicted molar refractivity (Wildman–Crippen MR) is 452 cm³/mol. The number of halogens is 3. The quantitative estimate of drug-likeness (QED) is 0.0127. The minimum absolute atomic E-state index is 0.0201. The first-order chi connectivity index (χ1) is 60.5. The first-order valence-corrected chi connectivity index (χ1v) is 42.2. The Kier molecular flexibility index (Phi) is 44.7. The molecule has 0 saturated carbocycles. The number of aromatic hydroxyl groups is 1. The highest BCUT2D eigenvalue weighted by molar-refractivity contribution is 7.80. The monoisotopic (exact) mass is 1870 g/mol. The van der Waals surface area contributed by atoms with E-state index < -0.39 is 259 Å². The number of phenolic OH excluding ortho intramolecular Hbond substituents is 1. The van der Waals surface area contributed by atoms with E-state index in [1.165, 1.54) is 50.6 Å². The third-order valence-electron chi connectivity index (χ3n) is 20.4. The zero-order valence-electron chi connectivity index (χ0n) is 71.2. The summed E-state index contributed by atoms with van der Waals surface area (Å²) < 4.78 is 31.7. The van der Waals surface area contributed by atoms with Crippen molar-refractivity contribution in [3.63, 3.8) is 0 Å². The number of aliphatic hydroxyl groups is 2. The Bertz CT molecular complexity index is 4290. The second-order valence-corrected chi connectivity index (χ2v) is 31.7. The first-order valence-electron chi connectivity index (χ1n) is 40.9. The second-order valence-electron chi connectivity index (χ2n) is 31.0. The predicted octanol–water partition coefficient (Wildman–Crippen LogP) is -8.80. The van der Waals surface area contributed by atoms with Crippen molar-refractivity contribution in [3.05, 3.63) is 48.0 Å². The van der Waals surface area contributed by atoms with E-state index in [1.807, 2.05) is 0 Å². The summed E-state index contributed by atoms with van der Waals surface area (Å²) in [6.07, 6.45) is -6.96. The molecule has 5 rings (SSSR count). The highest BCUT2D eigenvalue weighted by Crippen LogP contribution is 2.24. The lowest BCUT2D eigenvalue weighted by Gasteiger charge is -2.31. The fourth-order valence-electron chi connectivity index (χ4n) is 13.6. The summed E-state index contributed by atoms with van der Waals surface area (Å²) in [5.41, 5.74) is 27.8. The van der Waals surface area contributed by atoms with Crippen LogP contribution >= 0.6 is 25.3 Å². The molecule has 3 saturated heterocycles. The number of nitrogens with one attached hydrogen (secondary N) is 13. The van der Waals surface area contributed by atoms with Gasteiger partial charge < -0.3 is 143 Å². The van der Waals surface area contributed by atoms with E-state index >= 15 is 0 Å². The first kappa shape index (κ1) is 109. The van der Waals surface area contributed by atoms with Gasteiger partial charge in [-0.2, -0.15) is 38.4 Å². The summed E-state index contributed by atoms with van der Waals surface area (Å²) in [6.45, 7) is 6.16. The third kappa shape index (κ3) is 35.4. The Balaban J connectivity index is 0.00000476. The lowest BCUT2D eigenvalue weighted by atomic mass is 10.0. The number of hydrogen-bond acceptors (Lipinski definition) is 28. The van der Waals surface area contributed by atoms with Crippen LogP contribution in [0.25, 0.3) is 0 Å². The molecule has 3 aliphatic heterocycles. The van der Waals surface area contributed by atoms with Gasteiger partial charge in [-0.25, -0.2) is 14.6 Å². The average Bonchev–Trinajstić information content (AvgIpc) is 1.75. The number of carboxylic acids is 3. The fourth-order valence-corrected chi connectivity index (χ4v) is 14.1. The molecular weight excluding hydrogens is 1760 g/mol. The molecule has 17 atom stereocenters. The Morgan fingerprint density at radius 3 is 1.48 bits per heavy atom. The largest absolute Gasteiger partial charge is 0.508 e. The van der Waals surface area contributed by atoms with Crippen LogP contribution in [0.4, 0.5) is 13.2 Å². The molecule has 1 aromatic carbocycles. The van der Waals surface area contributed by atoms with Gasteiger partial charge in [-0.15, -0.1) is 0 Å². The number of alkyl halides is 3. The van der Waals surface area contributed by atoms with Crippen LogP contribution in [0, 0.1) is 5.92 Å². The highest BCUT2D eigenvalue weighted by Gasteiger charge is 2.46. The number of nitrogens with zero attached hydrogens (tertiary/aromatic N) is 5. The maximum Gasteiger partial charge on any atom is 0.490 e. The molecule has 0 radical (unpaired) electrons. The molecule has 2 aromatic rings. The number of rotatable bonds is 49. The standard InChI is InChI=1S/C74H115N23O23S2.C2HF3O2/c1-35(2)56(69(115)84-42(12-6-7-21-75)61(107)85-43(73(119)120)13-8-22-81-74(78)79)92-68(114)52-16-10-24-96(52)71(117)49(33-122)91-63(109)47(29-55(103)104)87-62(108)45(27-40-30-80-34-83-40)89-70(116)57(37(4)98)93-64(110)44(26-39-17-19-41(100)20-18-39)88-66(112)50-14-9-23-95(50)54(102)31-82-60(106)48(32-121)90-67(113)51-15-11-25-97(51)72(118)58(38(5)99)94-65(111)46(28-53(77)101)86-59(105)36(3)76;3-2(4,5)1(6)7/h17-20,30,34-38,42-52,56-58,98-100,121-122H,6-16,21-29,31-33,75-76H2,1-5H3,(H2,77,101)(H,80,83)(H,82,106)(H,84,115)(H,85,107)(H,86,105)(H,87,108)(H,88,112)(H,89,116)(H,90,113)(H,91,109)(H,92,114)(H,93,110)(H,94,111)(H,103,104)(H,119,120)(H4,78,79,81);(H,6,7)/t36-,37+,38+,42-,43-,44-,45-,46-,47-,48-,49-,50-,51-,52-,56-,57-,58-;/m0./s1. The van der Waals surface area contributed by atoms with Crippen LogP contribution in [-0.2, 0) is 104 Å². The summed E-state index contributed by atoms with van der Waals surface area (Å²) >= 11 is 8.51. The van der Waals surface area contributed by atoms with Crippen molar-refractivity contribution in [1.29, 1.82) is 0 Å². The number of thiol groups is 2. The number of amides is 16. The zero-order valence-corrected chi connectivity index (χ0v) is 73.0. The number of nitrogens with two attached hydrogens (primary N) is 5.